The van der Waals surface area contributed by atoms with Crippen LogP contribution in [0, 0.1) is 0 Å². The zero-order chi connectivity index (χ0) is 18.1. The molecule has 0 atom stereocenters. The van der Waals surface area contributed by atoms with Crippen molar-refractivity contribution in [1.29, 1.82) is 0 Å². The monoisotopic (exact) mass is 426 g/mol. The first kappa shape index (κ1) is 37.1. The van der Waals surface area contributed by atoms with Gasteiger partial charge in [-0.1, -0.05) is 54.4 Å². The Bertz CT molecular complexity index is 177. The predicted octanol–water partition coefficient (Wildman–Crippen LogP) is 1.96. The SMILES string of the molecule is C.C.CCCCCC.O.OOOOOOOOOOOOOOOOOO. The minimum Gasteiger partial charge on any atom is -0.412 e. The summed E-state index contributed by atoms with van der Waals surface area (Å²) in [6, 6.07) is 0. The van der Waals surface area contributed by atoms with Gasteiger partial charge in [-0.3, -0.25) is 0 Å². The Kier molecular flexibility index (Phi) is 55.0. The summed E-state index contributed by atoms with van der Waals surface area (Å²) in [5.74, 6) is 0. The summed E-state index contributed by atoms with van der Waals surface area (Å²) in [7, 11) is 0. The Morgan fingerprint density at radius 1 is 0.444 bits per heavy atom. The van der Waals surface area contributed by atoms with E-state index in [0.717, 1.165) is 0 Å². The molecule has 19 nitrogen and oxygen atoms in total. The second kappa shape index (κ2) is 40.1. The Labute approximate surface area is 152 Å². The maximum Gasteiger partial charge on any atom is -0.0000000000000000526 e. The van der Waals surface area contributed by atoms with E-state index in [1.54, 1.807) is 0 Å². The minimum absolute atomic E-state index is 0. The van der Waals surface area contributed by atoms with E-state index in [1.807, 2.05) is 0 Å². The van der Waals surface area contributed by atoms with E-state index < -0.39 is 0 Å². The minimum atomic E-state index is 0. The van der Waals surface area contributed by atoms with Gasteiger partial charge in [-0.2, -0.15) is 0 Å². The Balaban J connectivity index is -0.000000156. The molecule has 0 aliphatic carbocycles. The molecule has 0 bridgehead atoms. The van der Waals surface area contributed by atoms with Gasteiger partial charge in [0.1, 0.15) is 0 Å². The molecule has 0 radical (unpaired) electrons. The third-order valence-electron chi connectivity index (χ3n) is 1.38. The lowest BCUT2D eigenvalue weighted by Gasteiger charge is -1.97. The van der Waals surface area contributed by atoms with Crippen molar-refractivity contribution in [1.82, 2.24) is 0 Å². The van der Waals surface area contributed by atoms with Crippen LogP contribution in [0.2, 0.25) is 0 Å². The van der Waals surface area contributed by atoms with Gasteiger partial charge < -0.3 is 5.48 Å². The average molecular weight is 426 g/mol. The quantitative estimate of drug-likeness (QED) is 0.181. The summed E-state index contributed by atoms with van der Waals surface area (Å²) >= 11 is 0. The molecule has 0 saturated carbocycles. The maximum atomic E-state index is 7.47. The van der Waals surface area contributed by atoms with E-state index in [2.05, 4.69) is 94.5 Å². The molecule has 0 fully saturated rings. The predicted molar refractivity (Wildman–Crippen MR) is 69.5 cm³/mol. The van der Waals surface area contributed by atoms with E-state index in [9.17, 15) is 0 Å². The summed E-state index contributed by atoms with van der Waals surface area (Å²) in [5, 5.41) is 68.0. The highest BCUT2D eigenvalue weighted by Gasteiger charge is 1.98. The van der Waals surface area contributed by atoms with Gasteiger partial charge >= 0.3 is 0 Å². The largest absolute Gasteiger partial charge is 0.412 e. The average Bonchev–Trinajstić information content (AvgIpc) is 2.61. The Morgan fingerprint density at radius 3 is 0.778 bits per heavy atom. The number of hydrogen-bond acceptors (Lipinski definition) is 18. The Hall–Kier alpha value is -0.760. The van der Waals surface area contributed by atoms with Crippen LogP contribution < -0.4 is 0 Å². The highest BCUT2D eigenvalue weighted by atomic mass is 18.0. The second-order valence-corrected chi connectivity index (χ2v) is 2.81. The first-order valence-electron chi connectivity index (χ1n) is 5.78. The molecule has 19 heteroatoms. The van der Waals surface area contributed by atoms with E-state index in [0.29, 0.717) is 0 Å². The molecule has 0 saturated heterocycles. The number of rotatable bonds is 18. The van der Waals surface area contributed by atoms with E-state index >= 15 is 0 Å². The molecule has 0 aliphatic heterocycles. The van der Waals surface area contributed by atoms with Gasteiger partial charge in [0.2, 0.25) is 0 Å². The topological polar surface area (TPSA) is 220 Å². The third kappa shape index (κ3) is 45.9. The zero-order valence-corrected chi connectivity index (χ0v) is 12.8. The molecule has 4 N–H and O–H groups in total. The van der Waals surface area contributed by atoms with Crippen molar-refractivity contribution in [3.8, 4) is 0 Å². The fourth-order valence-corrected chi connectivity index (χ4v) is 0.661. The lowest BCUT2D eigenvalue weighted by molar-refractivity contribution is -0.889. The summed E-state index contributed by atoms with van der Waals surface area (Å²) in [6.07, 6.45) is 5.54. The van der Waals surface area contributed by atoms with Crippen LogP contribution in [0.25, 0.3) is 0 Å². The normalized spacial score (nSPS) is 9.33. The molecule has 0 amide bonds. The van der Waals surface area contributed by atoms with Gasteiger partial charge in [-0.25, -0.2) is 10.5 Å². The van der Waals surface area contributed by atoms with Gasteiger partial charge in [-0.15, -0.1) is 0 Å². The fourth-order valence-electron chi connectivity index (χ4n) is 0.661. The number of unbranched alkanes of at least 4 members (excludes halogenated alkanes) is 3. The number of hydrogen-bond donors (Lipinski definition) is 2. The van der Waals surface area contributed by atoms with Crippen LogP contribution in [0.4, 0.5) is 0 Å². The van der Waals surface area contributed by atoms with Crippen LogP contribution >= 0.6 is 0 Å². The maximum absolute atomic E-state index is 7.47. The van der Waals surface area contributed by atoms with Gasteiger partial charge in [0.05, 0.1) is 0 Å². The van der Waals surface area contributed by atoms with Crippen molar-refractivity contribution in [3.63, 3.8) is 0 Å². The van der Waals surface area contributed by atoms with Crippen LogP contribution in [-0.2, 0) is 80.6 Å². The van der Waals surface area contributed by atoms with E-state index in [-0.39, 0.29) is 20.3 Å². The summed E-state index contributed by atoms with van der Waals surface area (Å²) < 4.78 is 0. The van der Waals surface area contributed by atoms with Crippen molar-refractivity contribution in [2.24, 2.45) is 0 Å². The summed E-state index contributed by atoms with van der Waals surface area (Å²) in [5.41, 5.74) is 0. The van der Waals surface area contributed by atoms with Gasteiger partial charge in [-0.05, 0) is 80.6 Å². The summed E-state index contributed by atoms with van der Waals surface area (Å²) in [6.45, 7) is 4.46. The molecule has 0 heterocycles. The lowest BCUT2D eigenvalue weighted by Crippen LogP contribution is -2.04. The first-order valence-corrected chi connectivity index (χ1v) is 5.78. The molecule has 0 aromatic rings. The van der Waals surface area contributed by atoms with Crippen molar-refractivity contribution in [2.75, 3.05) is 0 Å². The zero-order valence-electron chi connectivity index (χ0n) is 12.8. The van der Waals surface area contributed by atoms with Crippen molar-refractivity contribution >= 4 is 0 Å². The lowest BCUT2D eigenvalue weighted by atomic mass is 10.2. The van der Waals surface area contributed by atoms with Gasteiger partial charge in [0, 0.05) is 0 Å². The fraction of sp³-hybridized carbons (Fsp3) is 1.00. The highest BCUT2D eigenvalue weighted by molar-refractivity contribution is 4.31. The molecule has 0 aromatic heterocycles. The van der Waals surface area contributed by atoms with Crippen LogP contribution in [0.15, 0.2) is 0 Å². The van der Waals surface area contributed by atoms with Gasteiger partial charge in [0.25, 0.3) is 0 Å². The van der Waals surface area contributed by atoms with Crippen LogP contribution in [0.3, 0.4) is 0 Å². The van der Waals surface area contributed by atoms with Crippen LogP contribution in [0.1, 0.15) is 54.4 Å². The first-order chi connectivity index (χ1) is 11.8. The molecule has 0 spiro atoms. The highest BCUT2D eigenvalue weighted by Crippen LogP contribution is 1.95. The molecule has 0 rings (SSSR count). The standard InChI is InChI=1S/C6H14.2CH4.H2O18.H2O/c1-3-5-6-4-2;;;1-3-5-7-9-11-13-15-17-18-16-14-12-10-8-6-4-2;/h3-6H2,1-2H3;2*1H4;1-2H;1H2. The third-order valence-corrected chi connectivity index (χ3v) is 1.38. The van der Waals surface area contributed by atoms with Gasteiger partial charge in [0.15, 0.2) is 0 Å². The molecular weight excluding hydrogens is 400 g/mol. The molecular formula is C8H26O19. The van der Waals surface area contributed by atoms with Crippen LogP contribution in [0.5, 0.6) is 0 Å². The van der Waals surface area contributed by atoms with Crippen molar-refractivity contribution in [3.05, 3.63) is 0 Å². The van der Waals surface area contributed by atoms with E-state index in [1.165, 1.54) is 25.7 Å². The molecule has 0 aliphatic rings. The van der Waals surface area contributed by atoms with Crippen molar-refractivity contribution < 1.29 is 96.6 Å². The summed E-state index contributed by atoms with van der Waals surface area (Å²) in [4.78, 5) is 0. The Morgan fingerprint density at radius 2 is 0.630 bits per heavy atom. The molecule has 27 heavy (non-hydrogen) atoms. The molecule has 0 unspecified atom stereocenters. The van der Waals surface area contributed by atoms with Crippen LogP contribution in [-0.4, -0.2) is 16.0 Å². The molecule has 0 aromatic carbocycles. The molecule has 172 valence electrons. The van der Waals surface area contributed by atoms with Crippen molar-refractivity contribution in [2.45, 2.75) is 54.4 Å². The second-order valence-electron chi connectivity index (χ2n) is 2.81. The van der Waals surface area contributed by atoms with E-state index in [4.69, 9.17) is 10.5 Å². The smallest absolute Gasteiger partial charge is 0.0000000000000000526 e.